The van der Waals surface area contributed by atoms with Crippen molar-refractivity contribution in [3.05, 3.63) is 29.3 Å². The van der Waals surface area contributed by atoms with E-state index < -0.39 is 0 Å². The Morgan fingerprint density at radius 2 is 1.36 bits per heavy atom. The standard InChI is InChI=1S/C8H10O.C2H6/c1-6-4-3-5-7(2)8(6)9;1-2/h3-5,9H,1-2H3;1-2H3. The third-order valence-corrected chi connectivity index (χ3v) is 1.44. The molecular formula is C10H16O. The zero-order chi connectivity index (χ0) is 8.85. The maximum Gasteiger partial charge on any atom is 0.121 e. The summed E-state index contributed by atoms with van der Waals surface area (Å²) >= 11 is 0. The first-order chi connectivity index (χ1) is 5.22. The van der Waals surface area contributed by atoms with Crippen molar-refractivity contribution in [2.24, 2.45) is 0 Å². The molecule has 0 fully saturated rings. The van der Waals surface area contributed by atoms with E-state index in [1.165, 1.54) is 0 Å². The molecule has 0 aromatic heterocycles. The minimum atomic E-state index is 0.414. The normalized spacial score (nSPS) is 8.36. The van der Waals surface area contributed by atoms with E-state index in [-0.39, 0.29) is 0 Å². The molecule has 0 saturated heterocycles. The summed E-state index contributed by atoms with van der Waals surface area (Å²) in [6.07, 6.45) is 0. The van der Waals surface area contributed by atoms with E-state index in [0.29, 0.717) is 5.75 Å². The van der Waals surface area contributed by atoms with Gasteiger partial charge in [-0.2, -0.15) is 0 Å². The van der Waals surface area contributed by atoms with Crippen molar-refractivity contribution < 1.29 is 5.11 Å². The molecule has 0 saturated carbocycles. The van der Waals surface area contributed by atoms with Gasteiger partial charge in [0.2, 0.25) is 0 Å². The molecule has 0 amide bonds. The number of benzene rings is 1. The topological polar surface area (TPSA) is 20.2 Å². The number of rotatable bonds is 0. The Balaban J connectivity index is 0.000000461. The van der Waals surface area contributed by atoms with Gasteiger partial charge in [-0.15, -0.1) is 0 Å². The molecule has 0 unspecified atom stereocenters. The fourth-order valence-corrected chi connectivity index (χ4v) is 0.806. The van der Waals surface area contributed by atoms with Gasteiger partial charge in [-0.25, -0.2) is 0 Å². The molecule has 1 aromatic carbocycles. The monoisotopic (exact) mass is 152 g/mol. The van der Waals surface area contributed by atoms with Crippen molar-refractivity contribution >= 4 is 0 Å². The van der Waals surface area contributed by atoms with Crippen LogP contribution in [0.4, 0.5) is 0 Å². The summed E-state index contributed by atoms with van der Waals surface area (Å²) in [7, 11) is 0. The average molecular weight is 152 g/mol. The lowest BCUT2D eigenvalue weighted by Crippen LogP contribution is -1.76. The highest BCUT2D eigenvalue weighted by Crippen LogP contribution is 2.19. The first-order valence-corrected chi connectivity index (χ1v) is 3.97. The van der Waals surface area contributed by atoms with Gasteiger partial charge in [-0.1, -0.05) is 32.0 Å². The van der Waals surface area contributed by atoms with E-state index in [4.69, 9.17) is 0 Å². The van der Waals surface area contributed by atoms with E-state index in [9.17, 15) is 5.11 Å². The van der Waals surface area contributed by atoms with E-state index in [0.717, 1.165) is 11.1 Å². The molecule has 62 valence electrons. The highest BCUT2D eigenvalue weighted by atomic mass is 16.3. The molecule has 1 aromatic rings. The van der Waals surface area contributed by atoms with E-state index >= 15 is 0 Å². The third-order valence-electron chi connectivity index (χ3n) is 1.44. The van der Waals surface area contributed by atoms with Gasteiger partial charge in [0.05, 0.1) is 0 Å². The first kappa shape index (κ1) is 10.0. The summed E-state index contributed by atoms with van der Waals surface area (Å²) in [6, 6.07) is 5.72. The number of hydrogen-bond donors (Lipinski definition) is 1. The number of phenolic OH excluding ortho intramolecular Hbond substituents is 1. The maximum atomic E-state index is 9.21. The number of aromatic hydroxyl groups is 1. The molecule has 1 nitrogen and oxygen atoms in total. The van der Waals surface area contributed by atoms with Crippen LogP contribution >= 0.6 is 0 Å². The Hall–Kier alpha value is -0.980. The molecule has 1 heteroatoms. The Bertz CT molecular complexity index is 196. The maximum absolute atomic E-state index is 9.21. The van der Waals surface area contributed by atoms with Crippen LogP contribution < -0.4 is 0 Å². The summed E-state index contributed by atoms with van der Waals surface area (Å²) in [4.78, 5) is 0. The zero-order valence-electron chi connectivity index (χ0n) is 7.68. The van der Waals surface area contributed by atoms with E-state index in [1.807, 2.05) is 45.9 Å². The van der Waals surface area contributed by atoms with Crippen LogP contribution in [0.3, 0.4) is 0 Å². The molecule has 0 radical (unpaired) electrons. The molecule has 11 heavy (non-hydrogen) atoms. The lowest BCUT2D eigenvalue weighted by Gasteiger charge is -1.99. The fourth-order valence-electron chi connectivity index (χ4n) is 0.806. The lowest BCUT2D eigenvalue weighted by molar-refractivity contribution is 0.467. The van der Waals surface area contributed by atoms with Gasteiger partial charge in [-0.3, -0.25) is 0 Å². The number of phenols is 1. The van der Waals surface area contributed by atoms with Crippen LogP contribution in [0.2, 0.25) is 0 Å². The van der Waals surface area contributed by atoms with Gasteiger partial charge < -0.3 is 5.11 Å². The van der Waals surface area contributed by atoms with Crippen molar-refractivity contribution in [1.29, 1.82) is 0 Å². The minimum absolute atomic E-state index is 0.414. The van der Waals surface area contributed by atoms with Crippen LogP contribution in [0, 0.1) is 13.8 Å². The largest absolute Gasteiger partial charge is 0.507 e. The second-order valence-corrected chi connectivity index (χ2v) is 2.24. The van der Waals surface area contributed by atoms with Gasteiger partial charge >= 0.3 is 0 Å². The fraction of sp³-hybridized carbons (Fsp3) is 0.400. The Morgan fingerprint density at radius 3 is 1.64 bits per heavy atom. The van der Waals surface area contributed by atoms with E-state index in [1.54, 1.807) is 0 Å². The first-order valence-electron chi connectivity index (χ1n) is 3.97. The van der Waals surface area contributed by atoms with Gasteiger partial charge in [0.25, 0.3) is 0 Å². The summed E-state index contributed by atoms with van der Waals surface area (Å²) in [5.41, 5.74) is 1.88. The zero-order valence-corrected chi connectivity index (χ0v) is 7.68. The van der Waals surface area contributed by atoms with Crippen LogP contribution in [0.1, 0.15) is 25.0 Å². The smallest absolute Gasteiger partial charge is 0.121 e. The van der Waals surface area contributed by atoms with Gasteiger partial charge in [0.15, 0.2) is 0 Å². The molecule has 1 rings (SSSR count). The minimum Gasteiger partial charge on any atom is -0.507 e. The Kier molecular flexibility index (Phi) is 4.35. The Morgan fingerprint density at radius 1 is 1.00 bits per heavy atom. The van der Waals surface area contributed by atoms with Crippen LogP contribution in [0.15, 0.2) is 18.2 Å². The van der Waals surface area contributed by atoms with Crippen LogP contribution in [0.5, 0.6) is 5.75 Å². The summed E-state index contributed by atoms with van der Waals surface area (Å²) < 4.78 is 0. The summed E-state index contributed by atoms with van der Waals surface area (Å²) in [6.45, 7) is 7.78. The predicted octanol–water partition coefficient (Wildman–Crippen LogP) is 3.04. The molecule has 0 aliphatic carbocycles. The molecular weight excluding hydrogens is 136 g/mol. The third kappa shape index (κ3) is 2.62. The van der Waals surface area contributed by atoms with Crippen molar-refractivity contribution in [1.82, 2.24) is 0 Å². The summed E-state index contributed by atoms with van der Waals surface area (Å²) in [5.74, 6) is 0.414. The predicted molar refractivity (Wildman–Crippen MR) is 48.9 cm³/mol. The van der Waals surface area contributed by atoms with Gasteiger partial charge in [-0.05, 0) is 25.0 Å². The molecule has 0 atom stereocenters. The molecule has 0 aliphatic rings. The van der Waals surface area contributed by atoms with Gasteiger partial charge in [0.1, 0.15) is 5.75 Å². The average Bonchev–Trinajstić information content (AvgIpc) is 2.04. The van der Waals surface area contributed by atoms with Crippen LogP contribution in [-0.2, 0) is 0 Å². The molecule has 0 heterocycles. The highest BCUT2D eigenvalue weighted by molar-refractivity contribution is 5.37. The van der Waals surface area contributed by atoms with Crippen LogP contribution in [-0.4, -0.2) is 5.11 Å². The second kappa shape index (κ2) is 4.78. The molecule has 1 N–H and O–H groups in total. The van der Waals surface area contributed by atoms with Crippen molar-refractivity contribution in [2.45, 2.75) is 27.7 Å². The SMILES string of the molecule is CC.Cc1cccc(C)c1O. The highest BCUT2D eigenvalue weighted by Gasteiger charge is 1.95. The number of aryl methyl sites for hydroxylation is 2. The van der Waals surface area contributed by atoms with Gasteiger partial charge in [0, 0.05) is 0 Å². The van der Waals surface area contributed by atoms with Crippen molar-refractivity contribution in [3.8, 4) is 5.75 Å². The lowest BCUT2D eigenvalue weighted by atomic mass is 10.1. The number of para-hydroxylation sites is 1. The van der Waals surface area contributed by atoms with Crippen molar-refractivity contribution in [2.75, 3.05) is 0 Å². The quantitative estimate of drug-likeness (QED) is 0.605. The Labute approximate surface area is 68.7 Å². The van der Waals surface area contributed by atoms with E-state index in [2.05, 4.69) is 0 Å². The van der Waals surface area contributed by atoms with Crippen molar-refractivity contribution in [3.63, 3.8) is 0 Å². The summed E-state index contributed by atoms with van der Waals surface area (Å²) in [5, 5.41) is 9.21. The molecule has 0 spiro atoms. The molecule has 0 aliphatic heterocycles. The van der Waals surface area contributed by atoms with Crippen LogP contribution in [0.25, 0.3) is 0 Å². The number of hydrogen-bond acceptors (Lipinski definition) is 1. The molecule has 0 bridgehead atoms. The second-order valence-electron chi connectivity index (χ2n) is 2.24.